The molecule has 2 aromatic carbocycles. The highest BCUT2D eigenvalue weighted by molar-refractivity contribution is 7.86. The molecular formula is C25H28F4N2O4S. The van der Waals surface area contributed by atoms with Crippen molar-refractivity contribution in [3.05, 3.63) is 71.2 Å². The van der Waals surface area contributed by atoms with Gasteiger partial charge in [-0.05, 0) is 63.5 Å². The van der Waals surface area contributed by atoms with Gasteiger partial charge in [-0.3, -0.25) is 9.45 Å². The fourth-order valence-electron chi connectivity index (χ4n) is 5.54. The number of benzene rings is 2. The summed E-state index contributed by atoms with van der Waals surface area (Å²) >= 11 is 0. The number of H-pyrrole nitrogens is 1. The van der Waals surface area contributed by atoms with E-state index in [9.17, 15) is 17.6 Å². The Morgan fingerprint density at radius 2 is 1.58 bits per heavy atom. The summed E-state index contributed by atoms with van der Waals surface area (Å²) in [6, 6.07) is 15.6. The minimum absolute atomic E-state index is 0.0774. The molecule has 11 heteroatoms. The molecule has 1 saturated carbocycles. The molecule has 36 heavy (non-hydrogen) atoms. The summed E-state index contributed by atoms with van der Waals surface area (Å²) < 4.78 is 77.6. The Bertz CT molecular complexity index is 1330. The van der Waals surface area contributed by atoms with Crippen LogP contribution < -0.4 is 0 Å². The number of rotatable bonds is 2. The van der Waals surface area contributed by atoms with Gasteiger partial charge in [0.25, 0.3) is 0 Å². The smallest absolute Gasteiger partial charge is 0.370 e. The van der Waals surface area contributed by atoms with Crippen molar-refractivity contribution < 1.29 is 35.3 Å². The van der Waals surface area contributed by atoms with Crippen molar-refractivity contribution in [3.8, 4) is 0 Å². The highest BCUT2D eigenvalue weighted by Crippen LogP contribution is 2.53. The Hall–Kier alpha value is -2.47. The number of aromatic amines is 1. The third kappa shape index (κ3) is 4.77. The van der Waals surface area contributed by atoms with Crippen LogP contribution >= 0.6 is 0 Å². The number of fused-ring (bicyclic) bond motifs is 4. The number of para-hydroxylation sites is 1. The topological polar surface area (TPSA) is 82.6 Å². The van der Waals surface area contributed by atoms with Gasteiger partial charge in [-0.2, -0.15) is 21.6 Å². The van der Waals surface area contributed by atoms with E-state index in [1.165, 1.54) is 27.7 Å². The number of aromatic nitrogens is 1. The monoisotopic (exact) mass is 528 g/mol. The maximum Gasteiger partial charge on any atom is 0.522 e. The summed E-state index contributed by atoms with van der Waals surface area (Å²) in [5, 5.41) is 1.30. The van der Waals surface area contributed by atoms with Crippen molar-refractivity contribution in [1.29, 1.82) is 0 Å². The van der Waals surface area contributed by atoms with Gasteiger partial charge in [0.05, 0.1) is 12.2 Å². The number of hydrogen-bond acceptors (Lipinski definition) is 4. The molecule has 3 aromatic rings. The van der Waals surface area contributed by atoms with E-state index in [1.807, 2.05) is 12.1 Å². The van der Waals surface area contributed by atoms with Crippen LogP contribution in [0.4, 0.5) is 17.6 Å². The molecule has 2 aliphatic rings. The van der Waals surface area contributed by atoms with Crippen molar-refractivity contribution in [2.24, 2.45) is 0 Å². The van der Waals surface area contributed by atoms with Crippen LogP contribution in [0.15, 0.2) is 48.5 Å². The molecule has 0 unspecified atom stereocenters. The Kier molecular flexibility index (Phi) is 6.97. The van der Waals surface area contributed by atoms with Gasteiger partial charge in [-0.15, -0.1) is 0 Å². The lowest BCUT2D eigenvalue weighted by Gasteiger charge is -2.51. The molecule has 1 aromatic heterocycles. The normalized spacial score (nSPS) is 24.4. The first kappa shape index (κ1) is 26.6. The zero-order valence-corrected chi connectivity index (χ0v) is 20.7. The van der Waals surface area contributed by atoms with Crippen molar-refractivity contribution in [2.75, 3.05) is 20.7 Å². The summed E-state index contributed by atoms with van der Waals surface area (Å²) in [5.74, 6) is -0.177. The highest BCUT2D eigenvalue weighted by Gasteiger charge is 2.49. The van der Waals surface area contributed by atoms with Crippen LogP contribution in [-0.4, -0.2) is 49.1 Å². The largest absolute Gasteiger partial charge is 0.522 e. The number of nitrogens with zero attached hydrogens (tertiary/aromatic N) is 1. The van der Waals surface area contributed by atoms with Gasteiger partial charge in [-0.25, -0.2) is 4.39 Å². The number of ether oxygens (including phenoxy) is 1. The standard InChI is InChI=1S/C24H27FN2O.CHF3O3S/c1-27(2)23(17-7-9-18(25)10-8-17)12-14-24(15-13-23)22-19-5-3-4-6-20(19)26-21(22)11-16-28-24;2-1(3,4)8(5,6)7/h3-10,26H,11-16H2,1-2H3;(H,5,6,7). The average Bonchev–Trinajstić information content (AvgIpc) is 3.19. The van der Waals surface area contributed by atoms with Crippen LogP contribution in [0.1, 0.15) is 42.5 Å². The molecule has 0 amide bonds. The molecular weight excluding hydrogens is 500 g/mol. The van der Waals surface area contributed by atoms with Crippen molar-refractivity contribution in [2.45, 2.75) is 48.8 Å². The minimum atomic E-state index is -5.84. The van der Waals surface area contributed by atoms with Crippen LogP contribution in [0.3, 0.4) is 0 Å². The second-order valence-electron chi connectivity index (χ2n) is 9.47. The first-order chi connectivity index (χ1) is 16.8. The molecule has 0 atom stereocenters. The molecule has 2 heterocycles. The Morgan fingerprint density at radius 3 is 2.14 bits per heavy atom. The van der Waals surface area contributed by atoms with Gasteiger partial charge >= 0.3 is 15.6 Å². The lowest BCUT2D eigenvalue weighted by Crippen LogP contribution is -2.49. The SMILES string of the molecule is CN(C)C1(c2ccc(F)cc2)CCC2(CC1)OCCc1[nH]c3ccccc3c12.O=S(=O)(O)C(F)(F)F. The second-order valence-corrected chi connectivity index (χ2v) is 10.9. The quantitative estimate of drug-likeness (QED) is 0.261. The van der Waals surface area contributed by atoms with E-state index in [0.717, 1.165) is 38.7 Å². The van der Waals surface area contributed by atoms with Gasteiger partial charge in [0.1, 0.15) is 5.82 Å². The van der Waals surface area contributed by atoms with E-state index in [4.69, 9.17) is 17.7 Å². The van der Waals surface area contributed by atoms with E-state index in [-0.39, 0.29) is 17.0 Å². The van der Waals surface area contributed by atoms with Crippen molar-refractivity contribution in [3.63, 3.8) is 0 Å². The third-order valence-corrected chi connectivity index (χ3v) is 7.97. The molecule has 0 saturated heterocycles. The number of nitrogens with one attached hydrogen (secondary N) is 1. The van der Waals surface area contributed by atoms with Crippen molar-refractivity contribution in [1.82, 2.24) is 9.88 Å². The Morgan fingerprint density at radius 1 is 1.00 bits per heavy atom. The summed E-state index contributed by atoms with van der Waals surface area (Å²) in [4.78, 5) is 5.95. The summed E-state index contributed by atoms with van der Waals surface area (Å²) in [5.41, 5.74) is -0.706. The minimum Gasteiger partial charge on any atom is -0.370 e. The Labute approximate surface area is 207 Å². The summed E-state index contributed by atoms with van der Waals surface area (Å²) in [7, 11) is -1.56. The van der Waals surface area contributed by atoms with Crippen LogP contribution in [0.5, 0.6) is 0 Å². The van der Waals surface area contributed by atoms with Crippen LogP contribution in [0.2, 0.25) is 0 Å². The van der Waals surface area contributed by atoms with E-state index < -0.39 is 15.6 Å². The van der Waals surface area contributed by atoms with Gasteiger partial charge in [0.15, 0.2) is 0 Å². The Balaban J connectivity index is 0.000000331. The summed E-state index contributed by atoms with van der Waals surface area (Å²) in [6.45, 7) is 0.769. The molecule has 0 radical (unpaired) electrons. The van der Waals surface area contributed by atoms with Gasteiger partial charge in [0.2, 0.25) is 0 Å². The van der Waals surface area contributed by atoms with E-state index in [1.54, 1.807) is 12.1 Å². The molecule has 1 spiro atoms. The van der Waals surface area contributed by atoms with E-state index in [2.05, 4.69) is 48.2 Å². The maximum absolute atomic E-state index is 13.5. The average molecular weight is 529 g/mol. The zero-order valence-electron chi connectivity index (χ0n) is 19.9. The predicted molar refractivity (Wildman–Crippen MR) is 127 cm³/mol. The molecule has 0 bridgehead atoms. The van der Waals surface area contributed by atoms with Crippen molar-refractivity contribution >= 4 is 21.0 Å². The van der Waals surface area contributed by atoms with Crippen LogP contribution in [-0.2, 0) is 32.4 Å². The number of hydrogen-bond donors (Lipinski definition) is 2. The zero-order chi connectivity index (χ0) is 26.4. The van der Waals surface area contributed by atoms with E-state index in [0.29, 0.717) is 0 Å². The van der Waals surface area contributed by atoms with Gasteiger partial charge < -0.3 is 9.72 Å². The molecule has 1 aliphatic heterocycles. The molecule has 1 fully saturated rings. The van der Waals surface area contributed by atoms with Crippen LogP contribution in [0.25, 0.3) is 10.9 Å². The lowest BCUT2D eigenvalue weighted by atomic mass is 9.67. The molecule has 5 rings (SSSR count). The lowest BCUT2D eigenvalue weighted by molar-refractivity contribution is -0.110. The third-order valence-electron chi connectivity index (χ3n) is 7.38. The fourth-order valence-corrected chi connectivity index (χ4v) is 5.54. The van der Waals surface area contributed by atoms with E-state index >= 15 is 0 Å². The van der Waals surface area contributed by atoms with Gasteiger partial charge in [0, 0.05) is 34.1 Å². The second kappa shape index (κ2) is 9.44. The molecule has 2 N–H and O–H groups in total. The highest BCUT2D eigenvalue weighted by atomic mass is 32.2. The molecule has 6 nitrogen and oxygen atoms in total. The number of halogens is 4. The van der Waals surface area contributed by atoms with Gasteiger partial charge in [-0.1, -0.05) is 30.3 Å². The first-order valence-corrected chi connectivity index (χ1v) is 12.9. The fraction of sp³-hybridized carbons (Fsp3) is 0.440. The summed E-state index contributed by atoms with van der Waals surface area (Å²) in [6.07, 6.45) is 4.87. The van der Waals surface area contributed by atoms with Crippen LogP contribution in [0, 0.1) is 5.82 Å². The molecule has 196 valence electrons. The maximum atomic E-state index is 13.5. The molecule has 1 aliphatic carbocycles. The number of alkyl halides is 3. The predicted octanol–water partition coefficient (Wildman–Crippen LogP) is 5.50. The first-order valence-electron chi connectivity index (χ1n) is 11.5.